The monoisotopic (exact) mass is 194 g/mol. The van der Waals surface area contributed by atoms with Crippen LogP contribution in [0.25, 0.3) is 0 Å². The standard InChI is InChI=1S/C9H10N2OS/c12-8-5-9(11-8)13-6-7-1-3-10-4-2-7/h1-4,9H,5-6H2,(H,11,12). The van der Waals surface area contributed by atoms with Crippen molar-refractivity contribution in [1.82, 2.24) is 10.3 Å². The van der Waals surface area contributed by atoms with Gasteiger partial charge in [-0.15, -0.1) is 11.8 Å². The maximum Gasteiger partial charge on any atom is 0.223 e. The lowest BCUT2D eigenvalue weighted by Crippen LogP contribution is -2.46. The van der Waals surface area contributed by atoms with Crippen molar-refractivity contribution in [2.45, 2.75) is 17.5 Å². The third kappa shape index (κ3) is 2.21. The number of amides is 1. The van der Waals surface area contributed by atoms with Gasteiger partial charge in [0.2, 0.25) is 5.91 Å². The summed E-state index contributed by atoms with van der Waals surface area (Å²) in [5, 5.41) is 3.14. The topological polar surface area (TPSA) is 42.0 Å². The fraction of sp³-hybridized carbons (Fsp3) is 0.333. The summed E-state index contributed by atoms with van der Waals surface area (Å²) >= 11 is 1.76. The molecule has 3 nitrogen and oxygen atoms in total. The quantitative estimate of drug-likeness (QED) is 0.734. The van der Waals surface area contributed by atoms with Crippen molar-refractivity contribution in [3.8, 4) is 0 Å². The lowest BCUT2D eigenvalue weighted by Gasteiger charge is -2.25. The molecule has 1 atom stereocenters. The molecular weight excluding hydrogens is 184 g/mol. The molecule has 2 rings (SSSR count). The van der Waals surface area contributed by atoms with Crippen LogP contribution in [0.4, 0.5) is 0 Å². The van der Waals surface area contributed by atoms with Crippen molar-refractivity contribution in [2.24, 2.45) is 0 Å². The third-order valence-electron chi connectivity index (χ3n) is 1.89. The molecule has 68 valence electrons. The van der Waals surface area contributed by atoms with Crippen LogP contribution in [0.1, 0.15) is 12.0 Å². The van der Waals surface area contributed by atoms with Gasteiger partial charge < -0.3 is 5.32 Å². The number of carbonyl (C=O) groups is 1. The largest absolute Gasteiger partial charge is 0.344 e. The van der Waals surface area contributed by atoms with Gasteiger partial charge >= 0.3 is 0 Å². The van der Waals surface area contributed by atoms with E-state index < -0.39 is 0 Å². The molecule has 1 amide bonds. The summed E-state index contributed by atoms with van der Waals surface area (Å²) < 4.78 is 0. The molecule has 1 N–H and O–H groups in total. The van der Waals surface area contributed by atoms with Gasteiger partial charge in [-0.05, 0) is 17.7 Å². The van der Waals surface area contributed by atoms with Crippen molar-refractivity contribution in [2.75, 3.05) is 0 Å². The van der Waals surface area contributed by atoms with Gasteiger partial charge in [0.05, 0.1) is 11.8 Å². The van der Waals surface area contributed by atoms with E-state index in [2.05, 4.69) is 10.3 Å². The Kier molecular flexibility index (Phi) is 2.49. The SMILES string of the molecule is O=C1CC(SCc2ccncc2)N1. The fourth-order valence-electron chi connectivity index (χ4n) is 1.10. The minimum absolute atomic E-state index is 0.159. The molecule has 0 aromatic carbocycles. The predicted molar refractivity (Wildman–Crippen MR) is 52.1 cm³/mol. The Morgan fingerprint density at radius 2 is 2.23 bits per heavy atom. The Morgan fingerprint density at radius 3 is 2.85 bits per heavy atom. The summed E-state index contributed by atoms with van der Waals surface area (Å²) in [6.07, 6.45) is 4.24. The zero-order valence-electron chi connectivity index (χ0n) is 7.06. The van der Waals surface area contributed by atoms with E-state index >= 15 is 0 Å². The summed E-state index contributed by atoms with van der Waals surface area (Å²) in [4.78, 5) is 14.5. The molecular formula is C9H10N2OS. The first-order valence-electron chi connectivity index (χ1n) is 4.14. The van der Waals surface area contributed by atoms with Crippen molar-refractivity contribution in [1.29, 1.82) is 0 Å². The van der Waals surface area contributed by atoms with Crippen LogP contribution in [0.2, 0.25) is 0 Å². The van der Waals surface area contributed by atoms with Gasteiger partial charge in [0.1, 0.15) is 0 Å². The highest BCUT2D eigenvalue weighted by atomic mass is 32.2. The van der Waals surface area contributed by atoms with Crippen LogP contribution in [-0.4, -0.2) is 16.3 Å². The normalized spacial score (nSPS) is 20.6. The summed E-state index contributed by atoms with van der Waals surface area (Å²) in [5.41, 5.74) is 1.25. The zero-order chi connectivity index (χ0) is 9.10. The van der Waals surface area contributed by atoms with E-state index in [0.29, 0.717) is 11.8 Å². The number of nitrogens with zero attached hydrogens (tertiary/aromatic N) is 1. The number of thioether (sulfide) groups is 1. The van der Waals surface area contributed by atoms with Crippen LogP contribution < -0.4 is 5.32 Å². The average molecular weight is 194 g/mol. The van der Waals surface area contributed by atoms with Crippen LogP contribution in [0.3, 0.4) is 0 Å². The maximum atomic E-state index is 10.6. The van der Waals surface area contributed by atoms with Gasteiger partial charge in [0, 0.05) is 18.1 Å². The van der Waals surface area contributed by atoms with Gasteiger partial charge in [-0.1, -0.05) is 0 Å². The van der Waals surface area contributed by atoms with E-state index in [9.17, 15) is 4.79 Å². The molecule has 1 aromatic heterocycles. The van der Waals surface area contributed by atoms with E-state index in [-0.39, 0.29) is 5.91 Å². The summed E-state index contributed by atoms with van der Waals surface area (Å²) in [6, 6.07) is 3.99. The van der Waals surface area contributed by atoms with Gasteiger partial charge in [-0.25, -0.2) is 0 Å². The smallest absolute Gasteiger partial charge is 0.223 e. The van der Waals surface area contributed by atoms with Gasteiger partial charge in [0.15, 0.2) is 0 Å². The molecule has 1 aliphatic rings. The first-order valence-corrected chi connectivity index (χ1v) is 5.19. The van der Waals surface area contributed by atoms with Crippen molar-refractivity contribution in [3.63, 3.8) is 0 Å². The van der Waals surface area contributed by atoms with E-state index in [1.54, 1.807) is 24.2 Å². The molecule has 0 radical (unpaired) electrons. The molecule has 1 aliphatic heterocycles. The summed E-state index contributed by atoms with van der Waals surface area (Å²) in [5.74, 6) is 1.10. The molecule has 0 bridgehead atoms. The van der Waals surface area contributed by atoms with Crippen LogP contribution in [0, 0.1) is 0 Å². The molecule has 13 heavy (non-hydrogen) atoms. The molecule has 1 unspecified atom stereocenters. The highest BCUT2D eigenvalue weighted by molar-refractivity contribution is 7.99. The Labute approximate surface area is 80.9 Å². The second-order valence-corrected chi connectivity index (χ2v) is 4.12. The molecule has 0 spiro atoms. The van der Waals surface area contributed by atoms with E-state index in [4.69, 9.17) is 0 Å². The summed E-state index contributed by atoms with van der Waals surface area (Å²) in [7, 11) is 0. The molecule has 2 heterocycles. The first-order chi connectivity index (χ1) is 6.34. The van der Waals surface area contributed by atoms with Gasteiger partial charge in [-0.2, -0.15) is 0 Å². The van der Waals surface area contributed by atoms with Crippen LogP contribution in [0.5, 0.6) is 0 Å². The highest BCUT2D eigenvalue weighted by Crippen LogP contribution is 2.22. The number of nitrogens with one attached hydrogen (secondary N) is 1. The lowest BCUT2D eigenvalue weighted by molar-refractivity contribution is -0.126. The van der Waals surface area contributed by atoms with Crippen molar-refractivity contribution < 1.29 is 4.79 Å². The van der Waals surface area contributed by atoms with Crippen molar-refractivity contribution >= 4 is 17.7 Å². The molecule has 1 saturated heterocycles. The van der Waals surface area contributed by atoms with E-state index in [1.165, 1.54) is 5.56 Å². The van der Waals surface area contributed by atoms with E-state index in [1.807, 2.05) is 12.1 Å². The molecule has 4 heteroatoms. The summed E-state index contributed by atoms with van der Waals surface area (Å²) in [6.45, 7) is 0. The Morgan fingerprint density at radius 1 is 1.54 bits per heavy atom. The second kappa shape index (κ2) is 3.79. The molecule has 1 fully saturated rings. The highest BCUT2D eigenvalue weighted by Gasteiger charge is 2.24. The maximum absolute atomic E-state index is 10.6. The number of aromatic nitrogens is 1. The fourth-order valence-corrected chi connectivity index (χ4v) is 2.17. The zero-order valence-corrected chi connectivity index (χ0v) is 7.88. The molecule has 0 aliphatic carbocycles. The first kappa shape index (κ1) is 8.56. The predicted octanol–water partition coefficient (Wildman–Crippen LogP) is 1.16. The van der Waals surface area contributed by atoms with Crippen LogP contribution >= 0.6 is 11.8 Å². The second-order valence-electron chi connectivity index (χ2n) is 2.93. The lowest BCUT2D eigenvalue weighted by atomic mass is 10.3. The van der Waals surface area contributed by atoms with Crippen LogP contribution in [0.15, 0.2) is 24.5 Å². The minimum atomic E-state index is 0.159. The Balaban J connectivity index is 1.77. The number of hydrogen-bond acceptors (Lipinski definition) is 3. The van der Waals surface area contributed by atoms with Crippen molar-refractivity contribution in [3.05, 3.63) is 30.1 Å². The third-order valence-corrected chi connectivity index (χ3v) is 3.08. The Hall–Kier alpha value is -1.03. The number of rotatable bonds is 3. The molecule has 0 saturated carbocycles. The molecule has 1 aromatic rings. The number of hydrogen-bond donors (Lipinski definition) is 1. The number of pyridine rings is 1. The number of β-lactam (4-membered cyclic amide) rings is 1. The van der Waals surface area contributed by atoms with Gasteiger partial charge in [0.25, 0.3) is 0 Å². The minimum Gasteiger partial charge on any atom is -0.344 e. The van der Waals surface area contributed by atoms with Crippen LogP contribution in [-0.2, 0) is 10.5 Å². The Bertz CT molecular complexity index is 294. The average Bonchev–Trinajstić information content (AvgIpc) is 2.12. The van der Waals surface area contributed by atoms with E-state index in [0.717, 1.165) is 5.75 Å². The van der Waals surface area contributed by atoms with Gasteiger partial charge in [-0.3, -0.25) is 9.78 Å². The number of carbonyl (C=O) groups excluding carboxylic acids is 1.